The molecule has 0 aliphatic heterocycles. The van der Waals surface area contributed by atoms with Crippen molar-refractivity contribution in [2.75, 3.05) is 6.61 Å². The molecular weight excluding hydrogens is 148 g/mol. The quantitative estimate of drug-likeness (QED) is 0.350. The Labute approximate surface area is 75.5 Å². The number of aliphatic hydroxyl groups is 1. The van der Waals surface area contributed by atoms with Crippen molar-refractivity contribution < 1.29 is 5.11 Å². The zero-order valence-corrected chi connectivity index (χ0v) is 7.63. The van der Waals surface area contributed by atoms with E-state index in [1.165, 1.54) is 19.3 Å². The van der Waals surface area contributed by atoms with E-state index in [0.717, 1.165) is 19.3 Å². The molecule has 0 amide bonds. The molecule has 0 spiro atoms. The Morgan fingerprint density at radius 2 is 1.83 bits per heavy atom. The lowest BCUT2D eigenvalue weighted by Crippen LogP contribution is -1.77. The highest BCUT2D eigenvalue weighted by molar-refractivity contribution is 4.83. The molecule has 0 aliphatic rings. The molecule has 0 radical (unpaired) electrons. The molecule has 0 unspecified atom stereocenters. The van der Waals surface area contributed by atoms with Crippen LogP contribution in [0.5, 0.6) is 0 Å². The second kappa shape index (κ2) is 10.3. The molecule has 1 heteroatoms. The van der Waals surface area contributed by atoms with Gasteiger partial charge in [-0.15, -0.1) is 12.3 Å². The molecule has 0 fully saturated rings. The number of aliphatic hydroxyl groups excluding tert-OH is 1. The van der Waals surface area contributed by atoms with E-state index in [-0.39, 0.29) is 6.61 Å². The average molecular weight is 166 g/mol. The van der Waals surface area contributed by atoms with Crippen LogP contribution in [-0.4, -0.2) is 11.7 Å². The van der Waals surface area contributed by atoms with Gasteiger partial charge in [0.05, 0.1) is 6.61 Å². The maximum atomic E-state index is 8.43. The zero-order chi connectivity index (χ0) is 9.07. The molecule has 1 N–H and O–H groups in total. The summed E-state index contributed by atoms with van der Waals surface area (Å²) >= 11 is 0. The Morgan fingerprint density at radius 1 is 1.08 bits per heavy atom. The van der Waals surface area contributed by atoms with Gasteiger partial charge in [-0.25, -0.2) is 0 Å². The third kappa shape index (κ3) is 9.26. The molecule has 12 heavy (non-hydrogen) atoms. The number of hydrogen-bond acceptors (Lipinski definition) is 1. The fourth-order valence-corrected chi connectivity index (χ4v) is 1.04. The summed E-state index contributed by atoms with van der Waals surface area (Å²) in [6.45, 7) is 0.164. The van der Waals surface area contributed by atoms with Crippen molar-refractivity contribution in [2.24, 2.45) is 0 Å². The number of hydrogen-bond donors (Lipinski definition) is 1. The summed E-state index contributed by atoms with van der Waals surface area (Å²) in [5.41, 5.74) is 0. The Morgan fingerprint density at radius 3 is 2.50 bits per heavy atom. The number of rotatable bonds is 7. The Bertz CT molecular complexity index is 142. The topological polar surface area (TPSA) is 20.2 Å². The molecule has 0 aromatic heterocycles. The first-order chi connectivity index (χ1) is 5.91. The maximum absolute atomic E-state index is 8.43. The lowest BCUT2D eigenvalue weighted by molar-refractivity contribution is 0.342. The van der Waals surface area contributed by atoms with Crippen molar-refractivity contribution in [1.29, 1.82) is 0 Å². The molecule has 0 heterocycles. The minimum atomic E-state index is 0.164. The van der Waals surface area contributed by atoms with Crippen LogP contribution in [0.1, 0.15) is 38.5 Å². The van der Waals surface area contributed by atoms with Crippen LogP contribution < -0.4 is 0 Å². The summed E-state index contributed by atoms with van der Waals surface area (Å²) in [5, 5.41) is 8.43. The fourth-order valence-electron chi connectivity index (χ4n) is 1.04. The SMILES string of the molecule is C#CCCCCCC/C=C/CO. The Balaban J connectivity index is 2.92. The number of allylic oxidation sites excluding steroid dienone is 1. The molecule has 0 aromatic rings. The predicted molar refractivity (Wildman–Crippen MR) is 52.8 cm³/mol. The van der Waals surface area contributed by atoms with E-state index < -0.39 is 0 Å². The van der Waals surface area contributed by atoms with Gasteiger partial charge in [0.1, 0.15) is 0 Å². The van der Waals surface area contributed by atoms with Gasteiger partial charge < -0.3 is 5.11 Å². The van der Waals surface area contributed by atoms with Gasteiger partial charge in [0.25, 0.3) is 0 Å². The van der Waals surface area contributed by atoms with Gasteiger partial charge in [-0.1, -0.05) is 25.0 Å². The summed E-state index contributed by atoms with van der Waals surface area (Å²) in [4.78, 5) is 0. The van der Waals surface area contributed by atoms with Gasteiger partial charge in [-0.3, -0.25) is 0 Å². The van der Waals surface area contributed by atoms with Gasteiger partial charge in [-0.05, 0) is 19.3 Å². The highest BCUT2D eigenvalue weighted by Gasteiger charge is 1.86. The third-order valence-corrected chi connectivity index (χ3v) is 1.71. The lowest BCUT2D eigenvalue weighted by atomic mass is 10.1. The van der Waals surface area contributed by atoms with Crippen molar-refractivity contribution in [3.8, 4) is 12.3 Å². The monoisotopic (exact) mass is 166 g/mol. The van der Waals surface area contributed by atoms with Gasteiger partial charge in [0, 0.05) is 6.42 Å². The third-order valence-electron chi connectivity index (χ3n) is 1.71. The minimum Gasteiger partial charge on any atom is -0.392 e. The van der Waals surface area contributed by atoms with Gasteiger partial charge >= 0.3 is 0 Å². The Kier molecular flexibility index (Phi) is 9.63. The molecule has 0 bridgehead atoms. The fraction of sp³-hybridized carbons (Fsp3) is 0.636. The Hall–Kier alpha value is -0.740. The molecule has 0 saturated heterocycles. The minimum absolute atomic E-state index is 0.164. The molecule has 0 atom stereocenters. The first-order valence-corrected chi connectivity index (χ1v) is 4.61. The highest BCUT2D eigenvalue weighted by Crippen LogP contribution is 2.04. The molecule has 0 saturated carbocycles. The lowest BCUT2D eigenvalue weighted by Gasteiger charge is -1.95. The summed E-state index contributed by atoms with van der Waals surface area (Å²) < 4.78 is 0. The van der Waals surface area contributed by atoms with Crippen LogP contribution in [0, 0.1) is 12.3 Å². The van der Waals surface area contributed by atoms with E-state index in [0.29, 0.717) is 0 Å². The predicted octanol–water partition coefficient (Wildman–Crippen LogP) is 2.51. The first kappa shape index (κ1) is 11.3. The summed E-state index contributed by atoms with van der Waals surface area (Å²) in [6, 6.07) is 0. The largest absolute Gasteiger partial charge is 0.392 e. The van der Waals surface area contributed by atoms with Crippen LogP contribution >= 0.6 is 0 Å². The highest BCUT2D eigenvalue weighted by atomic mass is 16.2. The molecule has 0 aromatic carbocycles. The van der Waals surface area contributed by atoms with Crippen molar-refractivity contribution in [2.45, 2.75) is 38.5 Å². The van der Waals surface area contributed by atoms with Crippen molar-refractivity contribution in [3.05, 3.63) is 12.2 Å². The summed E-state index contributed by atoms with van der Waals surface area (Å²) in [5.74, 6) is 2.63. The molecule has 0 rings (SSSR count). The van der Waals surface area contributed by atoms with E-state index in [1.807, 2.05) is 6.08 Å². The standard InChI is InChI=1S/C11H18O/c1-2-3-4-5-6-7-8-9-10-11-12/h1,9-10,12H,3-8,11H2/b10-9+. The van der Waals surface area contributed by atoms with E-state index in [4.69, 9.17) is 11.5 Å². The first-order valence-electron chi connectivity index (χ1n) is 4.61. The van der Waals surface area contributed by atoms with Crippen molar-refractivity contribution in [3.63, 3.8) is 0 Å². The smallest absolute Gasteiger partial charge is 0.0612 e. The summed E-state index contributed by atoms with van der Waals surface area (Å²) in [6.07, 6.45) is 15.8. The van der Waals surface area contributed by atoms with E-state index in [2.05, 4.69) is 5.92 Å². The maximum Gasteiger partial charge on any atom is 0.0612 e. The molecule has 1 nitrogen and oxygen atoms in total. The van der Waals surface area contributed by atoms with Gasteiger partial charge in [0.2, 0.25) is 0 Å². The van der Waals surface area contributed by atoms with Crippen LogP contribution in [0.25, 0.3) is 0 Å². The van der Waals surface area contributed by atoms with E-state index in [9.17, 15) is 0 Å². The summed E-state index contributed by atoms with van der Waals surface area (Å²) in [7, 11) is 0. The van der Waals surface area contributed by atoms with Crippen LogP contribution in [0.3, 0.4) is 0 Å². The van der Waals surface area contributed by atoms with Crippen LogP contribution in [0.4, 0.5) is 0 Å². The van der Waals surface area contributed by atoms with Crippen LogP contribution in [0.2, 0.25) is 0 Å². The number of terminal acetylenes is 1. The van der Waals surface area contributed by atoms with Gasteiger partial charge in [-0.2, -0.15) is 0 Å². The second-order valence-electron chi connectivity index (χ2n) is 2.81. The second-order valence-corrected chi connectivity index (χ2v) is 2.81. The van der Waals surface area contributed by atoms with E-state index >= 15 is 0 Å². The molecular formula is C11H18O. The average Bonchev–Trinajstić information content (AvgIpc) is 2.10. The molecule has 0 aliphatic carbocycles. The van der Waals surface area contributed by atoms with Crippen LogP contribution in [-0.2, 0) is 0 Å². The van der Waals surface area contributed by atoms with E-state index in [1.54, 1.807) is 6.08 Å². The normalized spacial score (nSPS) is 10.3. The van der Waals surface area contributed by atoms with Crippen LogP contribution in [0.15, 0.2) is 12.2 Å². The van der Waals surface area contributed by atoms with Crippen molar-refractivity contribution in [1.82, 2.24) is 0 Å². The molecule has 68 valence electrons. The van der Waals surface area contributed by atoms with Crippen molar-refractivity contribution >= 4 is 0 Å². The zero-order valence-electron chi connectivity index (χ0n) is 7.63. The van der Waals surface area contributed by atoms with Gasteiger partial charge in [0.15, 0.2) is 0 Å². The number of unbranched alkanes of at least 4 members (excludes halogenated alkanes) is 5.